The van der Waals surface area contributed by atoms with E-state index < -0.39 is 28.9 Å². The molecule has 2 rings (SSSR count). The van der Waals surface area contributed by atoms with Gasteiger partial charge in [0.15, 0.2) is 11.6 Å². The zero-order chi connectivity index (χ0) is 15.4. The van der Waals surface area contributed by atoms with Gasteiger partial charge in [0.25, 0.3) is 5.91 Å². The van der Waals surface area contributed by atoms with Crippen LogP contribution in [0.5, 0.6) is 0 Å². The standard InChI is InChI=1S/C15H18F3NO2/c16-10-6-7-11(17)14(18)13(10)15(21)19-8-2-4-9-3-1-5-12(9)20/h6-7,9,12,20H,1-5,8H2,(H,19,21)/t9-,12+/m0/s1. The van der Waals surface area contributed by atoms with Crippen molar-refractivity contribution in [1.82, 2.24) is 5.32 Å². The number of hydrogen-bond acceptors (Lipinski definition) is 2. The summed E-state index contributed by atoms with van der Waals surface area (Å²) in [6, 6.07) is 1.37. The number of benzene rings is 1. The molecule has 0 spiro atoms. The van der Waals surface area contributed by atoms with E-state index in [9.17, 15) is 23.1 Å². The highest BCUT2D eigenvalue weighted by atomic mass is 19.2. The molecule has 0 heterocycles. The Morgan fingerprint density at radius 3 is 2.62 bits per heavy atom. The van der Waals surface area contributed by atoms with E-state index in [0.717, 1.165) is 31.7 Å². The molecule has 1 aromatic rings. The number of rotatable bonds is 5. The van der Waals surface area contributed by atoms with Crippen LogP contribution >= 0.6 is 0 Å². The first-order valence-corrected chi connectivity index (χ1v) is 7.10. The van der Waals surface area contributed by atoms with Crippen molar-refractivity contribution in [3.8, 4) is 0 Å². The number of amides is 1. The molecule has 2 N–H and O–H groups in total. The normalized spacial score (nSPS) is 21.5. The van der Waals surface area contributed by atoms with E-state index in [1.165, 1.54) is 0 Å². The number of nitrogens with one attached hydrogen (secondary N) is 1. The van der Waals surface area contributed by atoms with Crippen LogP contribution in [-0.2, 0) is 0 Å². The van der Waals surface area contributed by atoms with E-state index in [-0.39, 0.29) is 18.6 Å². The highest BCUT2D eigenvalue weighted by Crippen LogP contribution is 2.28. The topological polar surface area (TPSA) is 49.3 Å². The zero-order valence-corrected chi connectivity index (χ0v) is 11.5. The molecule has 0 bridgehead atoms. The highest BCUT2D eigenvalue weighted by molar-refractivity contribution is 5.94. The fourth-order valence-electron chi connectivity index (χ4n) is 2.74. The van der Waals surface area contributed by atoms with E-state index in [4.69, 9.17) is 0 Å². The van der Waals surface area contributed by atoms with Gasteiger partial charge in [-0.25, -0.2) is 13.2 Å². The lowest BCUT2D eigenvalue weighted by Crippen LogP contribution is -2.27. The van der Waals surface area contributed by atoms with E-state index in [2.05, 4.69) is 5.32 Å². The molecule has 1 aliphatic rings. The van der Waals surface area contributed by atoms with Crippen molar-refractivity contribution in [2.45, 2.75) is 38.2 Å². The van der Waals surface area contributed by atoms with Crippen LogP contribution in [0.15, 0.2) is 12.1 Å². The zero-order valence-electron chi connectivity index (χ0n) is 11.5. The lowest BCUT2D eigenvalue weighted by molar-refractivity contribution is 0.0940. The van der Waals surface area contributed by atoms with Crippen molar-refractivity contribution < 1.29 is 23.1 Å². The van der Waals surface area contributed by atoms with Gasteiger partial charge in [0.05, 0.1) is 6.10 Å². The van der Waals surface area contributed by atoms with Gasteiger partial charge in [-0.15, -0.1) is 0 Å². The lowest BCUT2D eigenvalue weighted by Gasteiger charge is -2.14. The molecule has 0 radical (unpaired) electrons. The third-order valence-corrected chi connectivity index (χ3v) is 3.93. The molecule has 1 aliphatic carbocycles. The van der Waals surface area contributed by atoms with Crippen LogP contribution in [0.25, 0.3) is 0 Å². The SMILES string of the molecule is O=C(NCCC[C@@H]1CCC[C@H]1O)c1c(F)ccc(F)c1F. The Kier molecular flexibility index (Phi) is 5.22. The van der Waals surface area contributed by atoms with Crippen molar-refractivity contribution in [3.05, 3.63) is 35.1 Å². The molecule has 0 saturated heterocycles. The van der Waals surface area contributed by atoms with Gasteiger partial charge in [0.1, 0.15) is 11.4 Å². The van der Waals surface area contributed by atoms with Crippen molar-refractivity contribution in [3.63, 3.8) is 0 Å². The van der Waals surface area contributed by atoms with Crippen LogP contribution in [-0.4, -0.2) is 23.7 Å². The van der Waals surface area contributed by atoms with E-state index in [1.807, 2.05) is 0 Å². The molecule has 116 valence electrons. The van der Waals surface area contributed by atoms with Crippen molar-refractivity contribution in [2.24, 2.45) is 5.92 Å². The molecule has 1 amide bonds. The van der Waals surface area contributed by atoms with E-state index >= 15 is 0 Å². The second-order valence-electron chi connectivity index (χ2n) is 5.37. The number of aliphatic hydroxyl groups excluding tert-OH is 1. The quantitative estimate of drug-likeness (QED) is 0.649. The van der Waals surface area contributed by atoms with E-state index in [1.54, 1.807) is 0 Å². The Bertz CT molecular complexity index is 522. The Morgan fingerprint density at radius 1 is 1.24 bits per heavy atom. The molecule has 0 aromatic heterocycles. The molecule has 3 nitrogen and oxygen atoms in total. The van der Waals surface area contributed by atoms with Gasteiger partial charge in [-0.3, -0.25) is 4.79 Å². The number of aliphatic hydroxyl groups is 1. The fourth-order valence-corrected chi connectivity index (χ4v) is 2.74. The van der Waals surface area contributed by atoms with Gasteiger partial charge in [0.2, 0.25) is 0 Å². The summed E-state index contributed by atoms with van der Waals surface area (Å²) in [4.78, 5) is 11.7. The first kappa shape index (κ1) is 15.8. The largest absolute Gasteiger partial charge is 0.393 e. The maximum atomic E-state index is 13.4. The smallest absolute Gasteiger partial charge is 0.257 e. The molecule has 2 atom stereocenters. The van der Waals surface area contributed by atoms with Crippen LogP contribution < -0.4 is 5.32 Å². The summed E-state index contributed by atoms with van der Waals surface area (Å²) in [5, 5.41) is 12.0. The molecule has 1 aromatic carbocycles. The van der Waals surface area contributed by atoms with Crippen LogP contribution in [0.2, 0.25) is 0 Å². The lowest BCUT2D eigenvalue weighted by atomic mass is 10.00. The minimum atomic E-state index is -1.47. The summed E-state index contributed by atoms with van der Waals surface area (Å²) >= 11 is 0. The highest BCUT2D eigenvalue weighted by Gasteiger charge is 2.25. The first-order chi connectivity index (χ1) is 10.0. The maximum Gasteiger partial charge on any atom is 0.257 e. The van der Waals surface area contributed by atoms with Gasteiger partial charge < -0.3 is 10.4 Å². The maximum absolute atomic E-state index is 13.4. The Labute approximate surface area is 121 Å². The third kappa shape index (κ3) is 3.75. The van der Waals surface area contributed by atoms with Gasteiger partial charge in [-0.2, -0.15) is 0 Å². The summed E-state index contributed by atoms with van der Waals surface area (Å²) in [5.41, 5.74) is -0.893. The van der Waals surface area contributed by atoms with Gasteiger partial charge in [-0.05, 0) is 43.7 Å². The molecule has 0 unspecified atom stereocenters. The van der Waals surface area contributed by atoms with Crippen LogP contribution in [0, 0.1) is 23.4 Å². The molecular formula is C15H18F3NO2. The van der Waals surface area contributed by atoms with Crippen molar-refractivity contribution in [1.29, 1.82) is 0 Å². The second kappa shape index (κ2) is 6.93. The van der Waals surface area contributed by atoms with E-state index in [0.29, 0.717) is 12.5 Å². The number of hydrogen-bond donors (Lipinski definition) is 2. The Balaban J connectivity index is 1.84. The van der Waals surface area contributed by atoms with Gasteiger partial charge in [-0.1, -0.05) is 6.42 Å². The summed E-state index contributed by atoms with van der Waals surface area (Å²) in [5.74, 6) is -4.55. The third-order valence-electron chi connectivity index (χ3n) is 3.93. The van der Waals surface area contributed by atoms with Crippen molar-refractivity contribution >= 4 is 5.91 Å². The Hall–Kier alpha value is -1.56. The molecule has 1 saturated carbocycles. The van der Waals surface area contributed by atoms with Gasteiger partial charge in [0, 0.05) is 6.54 Å². The summed E-state index contributed by atoms with van der Waals surface area (Å²) < 4.78 is 39.8. The first-order valence-electron chi connectivity index (χ1n) is 7.10. The summed E-state index contributed by atoms with van der Waals surface area (Å²) in [6.45, 7) is 0.234. The molecule has 1 fully saturated rings. The average Bonchev–Trinajstić information content (AvgIpc) is 2.85. The number of halogens is 3. The summed E-state index contributed by atoms with van der Waals surface area (Å²) in [7, 11) is 0. The van der Waals surface area contributed by atoms with Crippen LogP contribution in [0.4, 0.5) is 13.2 Å². The molecule has 6 heteroatoms. The summed E-state index contributed by atoms with van der Waals surface area (Å²) in [6.07, 6.45) is 3.82. The number of carbonyl (C=O) groups excluding carboxylic acids is 1. The molecule has 21 heavy (non-hydrogen) atoms. The average molecular weight is 301 g/mol. The second-order valence-corrected chi connectivity index (χ2v) is 5.37. The Morgan fingerprint density at radius 2 is 1.95 bits per heavy atom. The minimum Gasteiger partial charge on any atom is -0.393 e. The van der Waals surface area contributed by atoms with Crippen LogP contribution in [0.3, 0.4) is 0 Å². The van der Waals surface area contributed by atoms with Crippen LogP contribution in [0.1, 0.15) is 42.5 Å². The number of carbonyl (C=O) groups is 1. The molecular weight excluding hydrogens is 283 g/mol. The predicted octanol–water partition coefficient (Wildman–Crippen LogP) is 2.77. The van der Waals surface area contributed by atoms with Crippen molar-refractivity contribution in [2.75, 3.05) is 6.54 Å². The van der Waals surface area contributed by atoms with Gasteiger partial charge >= 0.3 is 0 Å². The molecule has 0 aliphatic heterocycles. The fraction of sp³-hybridized carbons (Fsp3) is 0.533. The predicted molar refractivity (Wildman–Crippen MR) is 71.2 cm³/mol. The monoisotopic (exact) mass is 301 g/mol. The minimum absolute atomic E-state index is 0.226.